The SMILES string of the molecule is CC(C)CCCCCOP(O)(O)=S.[Zn]. The maximum Gasteiger partial charge on any atom is 0.321 e. The summed E-state index contributed by atoms with van der Waals surface area (Å²) in [5.74, 6) is 0.738. The maximum atomic E-state index is 8.72. The molecule has 0 aromatic rings. The van der Waals surface area contributed by atoms with E-state index in [1.807, 2.05) is 0 Å². The molecule has 0 aliphatic rings. The van der Waals surface area contributed by atoms with Crippen LogP contribution in [0.5, 0.6) is 0 Å². The molecular formula is C8H19O3PSZn. The van der Waals surface area contributed by atoms with Gasteiger partial charge in [0.05, 0.1) is 6.61 Å². The smallest absolute Gasteiger partial charge is 0.321 e. The summed E-state index contributed by atoms with van der Waals surface area (Å²) in [6.07, 6.45) is 4.30. The zero-order chi connectivity index (χ0) is 10.3. The summed E-state index contributed by atoms with van der Waals surface area (Å²) in [6.45, 7) is 1.35. The molecular weight excluding hydrogens is 273 g/mol. The molecule has 0 saturated heterocycles. The van der Waals surface area contributed by atoms with Crippen LogP contribution in [0.1, 0.15) is 39.5 Å². The molecule has 3 nitrogen and oxygen atoms in total. The van der Waals surface area contributed by atoms with Crippen LogP contribution >= 0.6 is 6.72 Å². The summed E-state index contributed by atoms with van der Waals surface area (Å²) in [5, 5.41) is 0. The third-order valence-electron chi connectivity index (χ3n) is 1.69. The molecule has 0 radical (unpaired) electrons. The van der Waals surface area contributed by atoms with Gasteiger partial charge >= 0.3 is 6.72 Å². The summed E-state index contributed by atoms with van der Waals surface area (Å²) >= 11 is 4.30. The van der Waals surface area contributed by atoms with Crippen LogP contribution in [0.2, 0.25) is 0 Å². The van der Waals surface area contributed by atoms with Crippen molar-refractivity contribution in [3.63, 3.8) is 0 Å². The summed E-state index contributed by atoms with van der Waals surface area (Å²) < 4.78 is 4.67. The molecule has 82 valence electrons. The first-order valence-corrected chi connectivity index (χ1v) is 7.24. The minimum atomic E-state index is -3.40. The first-order chi connectivity index (χ1) is 5.92. The van der Waals surface area contributed by atoms with Gasteiger partial charge in [0.15, 0.2) is 0 Å². The van der Waals surface area contributed by atoms with Crippen molar-refractivity contribution in [2.45, 2.75) is 39.5 Å². The first kappa shape index (κ1) is 17.5. The van der Waals surface area contributed by atoms with E-state index in [1.165, 1.54) is 12.8 Å². The molecule has 0 fully saturated rings. The Morgan fingerprint density at radius 2 is 1.79 bits per heavy atom. The van der Waals surface area contributed by atoms with E-state index >= 15 is 0 Å². The molecule has 0 bridgehead atoms. The van der Waals surface area contributed by atoms with E-state index < -0.39 is 6.72 Å². The van der Waals surface area contributed by atoms with E-state index in [9.17, 15) is 0 Å². The Hall–Kier alpha value is 1.15. The average Bonchev–Trinajstić information content (AvgIpc) is 1.93. The molecule has 0 unspecified atom stereocenters. The van der Waals surface area contributed by atoms with Gasteiger partial charge in [-0.25, -0.2) is 0 Å². The Kier molecular flexibility index (Phi) is 11.8. The molecule has 0 aliphatic carbocycles. The number of hydrogen-bond donors (Lipinski definition) is 2. The van der Waals surface area contributed by atoms with Crippen molar-refractivity contribution >= 4 is 18.5 Å². The monoisotopic (exact) mass is 290 g/mol. The van der Waals surface area contributed by atoms with Gasteiger partial charge in [-0.2, -0.15) is 0 Å². The second-order valence-electron chi connectivity index (χ2n) is 3.57. The van der Waals surface area contributed by atoms with Crippen molar-refractivity contribution < 1.29 is 33.8 Å². The molecule has 0 aliphatic heterocycles. The van der Waals surface area contributed by atoms with Gasteiger partial charge in [-0.15, -0.1) is 0 Å². The molecule has 0 amide bonds. The van der Waals surface area contributed by atoms with Crippen LogP contribution in [-0.2, 0) is 35.8 Å². The van der Waals surface area contributed by atoms with Crippen molar-refractivity contribution in [3.8, 4) is 0 Å². The summed E-state index contributed by atoms with van der Waals surface area (Å²) in [4.78, 5) is 17.4. The van der Waals surface area contributed by atoms with Crippen LogP contribution in [0, 0.1) is 5.92 Å². The van der Waals surface area contributed by atoms with E-state index in [-0.39, 0.29) is 19.5 Å². The first-order valence-electron chi connectivity index (χ1n) is 4.62. The van der Waals surface area contributed by atoms with Crippen LogP contribution in [0.3, 0.4) is 0 Å². The van der Waals surface area contributed by atoms with Crippen LogP contribution < -0.4 is 0 Å². The summed E-state index contributed by atoms with van der Waals surface area (Å²) in [7, 11) is 0. The van der Waals surface area contributed by atoms with Gasteiger partial charge in [-0.1, -0.05) is 33.1 Å². The fourth-order valence-electron chi connectivity index (χ4n) is 1.01. The van der Waals surface area contributed by atoms with Crippen LogP contribution in [0.4, 0.5) is 0 Å². The van der Waals surface area contributed by atoms with E-state index in [0.29, 0.717) is 6.61 Å². The zero-order valence-electron chi connectivity index (χ0n) is 8.98. The third-order valence-corrected chi connectivity index (χ3v) is 2.52. The Labute approximate surface area is 104 Å². The van der Waals surface area contributed by atoms with Crippen molar-refractivity contribution in [1.29, 1.82) is 0 Å². The van der Waals surface area contributed by atoms with E-state index in [2.05, 4.69) is 30.2 Å². The van der Waals surface area contributed by atoms with Gasteiger partial charge in [-0.3, -0.25) is 0 Å². The standard InChI is InChI=1S/C8H19O3PS.Zn/c1-8(2)6-4-3-5-7-11-12(9,10)13;/h8H,3-7H2,1-2H3,(H2,9,10,13);. The van der Waals surface area contributed by atoms with Crippen LogP contribution in [0.25, 0.3) is 0 Å². The second-order valence-corrected chi connectivity index (χ2v) is 6.23. The largest absolute Gasteiger partial charge is 0.325 e. The number of rotatable bonds is 7. The molecule has 0 aromatic carbocycles. The third kappa shape index (κ3) is 15.6. The molecule has 14 heavy (non-hydrogen) atoms. The van der Waals surface area contributed by atoms with Crippen molar-refractivity contribution in [2.24, 2.45) is 5.92 Å². The Morgan fingerprint density at radius 3 is 2.21 bits per heavy atom. The average molecular weight is 292 g/mol. The van der Waals surface area contributed by atoms with Gasteiger partial charge in [0.1, 0.15) is 0 Å². The molecule has 0 saturated carbocycles. The zero-order valence-corrected chi connectivity index (χ0v) is 13.7. The van der Waals surface area contributed by atoms with Gasteiger partial charge in [-0.05, 0) is 24.1 Å². The minimum absolute atomic E-state index is 0. The Bertz CT molecular complexity index is 172. The molecule has 2 N–H and O–H groups in total. The maximum absolute atomic E-state index is 8.72. The molecule has 0 atom stereocenters. The predicted molar refractivity (Wildman–Crippen MR) is 58.0 cm³/mol. The molecule has 0 aromatic heterocycles. The van der Waals surface area contributed by atoms with Crippen molar-refractivity contribution in [2.75, 3.05) is 6.61 Å². The van der Waals surface area contributed by atoms with Gasteiger partial charge in [0.25, 0.3) is 0 Å². The van der Waals surface area contributed by atoms with Crippen molar-refractivity contribution in [1.82, 2.24) is 0 Å². The topological polar surface area (TPSA) is 49.7 Å². The molecule has 0 spiro atoms. The normalized spacial score (nSPS) is 11.5. The number of unbranched alkanes of at least 4 members (excludes halogenated alkanes) is 2. The summed E-state index contributed by atoms with van der Waals surface area (Å²) in [5.41, 5.74) is 0. The van der Waals surface area contributed by atoms with E-state index in [1.54, 1.807) is 0 Å². The van der Waals surface area contributed by atoms with E-state index in [4.69, 9.17) is 9.79 Å². The Balaban J connectivity index is 0. The molecule has 0 heterocycles. The predicted octanol–water partition coefficient (Wildman–Crippen LogP) is 2.43. The van der Waals surface area contributed by atoms with Crippen LogP contribution in [-0.4, -0.2) is 16.4 Å². The van der Waals surface area contributed by atoms with Gasteiger partial charge in [0, 0.05) is 19.5 Å². The van der Waals surface area contributed by atoms with Gasteiger partial charge in [0.2, 0.25) is 0 Å². The second kappa shape index (κ2) is 9.38. The van der Waals surface area contributed by atoms with Gasteiger partial charge < -0.3 is 14.3 Å². The Morgan fingerprint density at radius 1 is 1.21 bits per heavy atom. The summed E-state index contributed by atoms with van der Waals surface area (Å²) in [6, 6.07) is 0. The molecule has 6 heteroatoms. The fraction of sp³-hybridized carbons (Fsp3) is 1.00. The minimum Gasteiger partial charge on any atom is -0.325 e. The van der Waals surface area contributed by atoms with Crippen molar-refractivity contribution in [3.05, 3.63) is 0 Å². The number of hydrogen-bond acceptors (Lipinski definition) is 2. The quantitative estimate of drug-likeness (QED) is 0.430. The fourth-order valence-corrected chi connectivity index (χ4v) is 1.61. The van der Waals surface area contributed by atoms with E-state index in [0.717, 1.165) is 18.8 Å². The molecule has 0 rings (SSSR count). The van der Waals surface area contributed by atoms with Crippen LogP contribution in [0.15, 0.2) is 0 Å².